The van der Waals surface area contributed by atoms with E-state index in [4.69, 9.17) is 0 Å². The normalized spacial score (nSPS) is 18.3. The minimum Gasteiger partial charge on any atom is -0.316 e. The number of rotatable bonds is 8. The molecular formula is C13H17BrN2O3. The van der Waals surface area contributed by atoms with E-state index in [2.05, 4.69) is 26.6 Å². The minimum atomic E-state index is -0.270. The molecule has 0 radical (unpaired) electrons. The second-order valence-electron chi connectivity index (χ2n) is 4.29. The maximum Gasteiger partial charge on any atom is 0.226 e. The molecule has 0 saturated carbocycles. The highest BCUT2D eigenvalue weighted by Crippen LogP contribution is 2.26. The molecule has 0 aromatic heterocycles. The van der Waals surface area contributed by atoms with Gasteiger partial charge in [-0.25, -0.2) is 0 Å². The zero-order valence-corrected chi connectivity index (χ0v) is 12.1. The van der Waals surface area contributed by atoms with E-state index in [9.17, 15) is 14.4 Å². The molecule has 1 unspecified atom stereocenters. The fourth-order valence-corrected chi connectivity index (χ4v) is 2.38. The number of amides is 2. The van der Waals surface area contributed by atoms with Gasteiger partial charge < -0.3 is 5.32 Å². The van der Waals surface area contributed by atoms with Crippen molar-refractivity contribution < 1.29 is 14.4 Å². The van der Waals surface area contributed by atoms with E-state index in [1.165, 1.54) is 0 Å². The fourth-order valence-electron chi connectivity index (χ4n) is 1.86. The molecule has 0 aromatic rings. The topological polar surface area (TPSA) is 75.3 Å². The van der Waals surface area contributed by atoms with E-state index in [0.717, 1.165) is 22.8 Å². The van der Waals surface area contributed by atoms with Crippen LogP contribution >= 0.6 is 15.9 Å². The van der Waals surface area contributed by atoms with Gasteiger partial charge in [-0.15, -0.1) is 0 Å². The van der Waals surface area contributed by atoms with Gasteiger partial charge in [-0.1, -0.05) is 28.1 Å². The maximum absolute atomic E-state index is 11.0. The summed E-state index contributed by atoms with van der Waals surface area (Å²) in [6, 6.07) is 0. The molecule has 6 heteroatoms. The van der Waals surface area contributed by atoms with Gasteiger partial charge in [0, 0.05) is 18.9 Å². The smallest absolute Gasteiger partial charge is 0.226 e. The van der Waals surface area contributed by atoms with E-state index in [0.29, 0.717) is 32.3 Å². The van der Waals surface area contributed by atoms with Crippen LogP contribution in [0.2, 0.25) is 0 Å². The van der Waals surface area contributed by atoms with Crippen molar-refractivity contribution in [2.24, 2.45) is 5.92 Å². The highest BCUT2D eigenvalue weighted by atomic mass is 79.9. The quantitative estimate of drug-likeness (QED) is 0.516. The zero-order valence-electron chi connectivity index (χ0n) is 10.5. The predicted octanol–water partition coefficient (Wildman–Crippen LogP) is 1.05. The molecule has 0 spiro atoms. The van der Waals surface area contributed by atoms with E-state index in [1.807, 2.05) is 12.2 Å². The molecule has 0 aliphatic heterocycles. The van der Waals surface area contributed by atoms with E-state index in [-0.39, 0.29) is 11.8 Å². The molecule has 0 heterocycles. The summed E-state index contributed by atoms with van der Waals surface area (Å²) < 4.78 is 1.08. The van der Waals surface area contributed by atoms with Crippen LogP contribution in [0.1, 0.15) is 19.3 Å². The third-order valence-electron chi connectivity index (χ3n) is 2.87. The lowest BCUT2D eigenvalue weighted by molar-refractivity contribution is -0.125. The molecule has 0 aromatic carbocycles. The Morgan fingerprint density at radius 2 is 2.21 bits per heavy atom. The Hall–Kier alpha value is -1.27. The first kappa shape index (κ1) is 15.8. The minimum absolute atomic E-state index is 0.167. The van der Waals surface area contributed by atoms with Crippen molar-refractivity contribution in [3.8, 4) is 0 Å². The van der Waals surface area contributed by atoms with Crippen molar-refractivity contribution in [1.29, 1.82) is 0 Å². The van der Waals surface area contributed by atoms with Crippen molar-refractivity contribution in [1.82, 2.24) is 10.6 Å². The summed E-state index contributed by atoms with van der Waals surface area (Å²) in [5, 5.41) is 5.31. The summed E-state index contributed by atoms with van der Waals surface area (Å²) in [4.78, 5) is 31.9. The van der Waals surface area contributed by atoms with E-state index < -0.39 is 0 Å². The van der Waals surface area contributed by atoms with Gasteiger partial charge in [0.2, 0.25) is 12.3 Å². The van der Waals surface area contributed by atoms with Crippen molar-refractivity contribution in [3.05, 3.63) is 22.2 Å². The third-order valence-corrected chi connectivity index (χ3v) is 3.46. The van der Waals surface area contributed by atoms with Gasteiger partial charge in [0.1, 0.15) is 6.29 Å². The SMILES string of the molecule is O=CNC(=O)CCCNCC1CC(Br)=CC=C1C=O. The molecule has 104 valence electrons. The number of carbonyl (C=O) groups excluding carboxylic acids is 3. The Morgan fingerprint density at radius 1 is 1.42 bits per heavy atom. The first-order valence-corrected chi connectivity index (χ1v) is 6.91. The number of hydrogen-bond donors (Lipinski definition) is 2. The van der Waals surface area contributed by atoms with Crippen LogP contribution in [-0.4, -0.2) is 31.7 Å². The van der Waals surface area contributed by atoms with E-state index >= 15 is 0 Å². The lowest BCUT2D eigenvalue weighted by Gasteiger charge is -2.20. The molecular weight excluding hydrogens is 312 g/mol. The van der Waals surface area contributed by atoms with Crippen molar-refractivity contribution in [3.63, 3.8) is 0 Å². The van der Waals surface area contributed by atoms with Crippen LogP contribution in [0.4, 0.5) is 0 Å². The average molecular weight is 329 g/mol. The van der Waals surface area contributed by atoms with Gasteiger partial charge in [0.15, 0.2) is 0 Å². The summed E-state index contributed by atoms with van der Waals surface area (Å²) in [5.41, 5.74) is 0.786. The number of imide groups is 1. The Balaban J connectivity index is 2.21. The molecule has 2 amide bonds. The predicted molar refractivity (Wildman–Crippen MR) is 75.6 cm³/mol. The Labute approximate surface area is 120 Å². The largest absolute Gasteiger partial charge is 0.316 e. The van der Waals surface area contributed by atoms with Crippen LogP contribution in [0, 0.1) is 5.92 Å². The summed E-state index contributed by atoms with van der Waals surface area (Å²) in [7, 11) is 0. The highest BCUT2D eigenvalue weighted by Gasteiger charge is 2.17. The Morgan fingerprint density at radius 3 is 2.89 bits per heavy atom. The number of hydrogen-bond acceptors (Lipinski definition) is 4. The Kier molecular flexibility index (Phi) is 7.28. The van der Waals surface area contributed by atoms with Crippen LogP contribution in [0.3, 0.4) is 0 Å². The first-order valence-electron chi connectivity index (χ1n) is 6.12. The Bertz CT molecular complexity index is 405. The molecule has 1 aliphatic carbocycles. The van der Waals surface area contributed by atoms with Crippen LogP contribution in [-0.2, 0) is 14.4 Å². The standard InChI is InChI=1S/C13H17BrN2O3/c14-12-4-3-10(8-17)11(6-12)7-15-5-1-2-13(19)16-9-18/h3-4,8-9,11,15H,1-2,5-7H2,(H,16,18,19). The summed E-state index contributed by atoms with van der Waals surface area (Å²) in [5.74, 6) is -0.103. The zero-order chi connectivity index (χ0) is 14.1. The van der Waals surface area contributed by atoms with Crippen LogP contribution in [0.15, 0.2) is 22.2 Å². The molecule has 1 aliphatic rings. The van der Waals surface area contributed by atoms with Gasteiger partial charge >= 0.3 is 0 Å². The van der Waals surface area contributed by atoms with Crippen LogP contribution in [0.5, 0.6) is 0 Å². The van der Waals surface area contributed by atoms with Crippen molar-refractivity contribution in [2.45, 2.75) is 19.3 Å². The highest BCUT2D eigenvalue weighted by molar-refractivity contribution is 9.11. The molecule has 19 heavy (non-hydrogen) atoms. The number of allylic oxidation sites excluding steroid dienone is 3. The summed E-state index contributed by atoms with van der Waals surface area (Å²) in [6.07, 6.45) is 6.78. The third kappa shape index (κ3) is 5.94. The molecule has 0 saturated heterocycles. The van der Waals surface area contributed by atoms with Gasteiger partial charge in [0.25, 0.3) is 0 Å². The monoisotopic (exact) mass is 328 g/mol. The van der Waals surface area contributed by atoms with Crippen LogP contribution in [0.25, 0.3) is 0 Å². The maximum atomic E-state index is 11.0. The number of halogens is 1. The van der Waals surface area contributed by atoms with Gasteiger partial charge in [0.05, 0.1) is 0 Å². The fraction of sp³-hybridized carbons (Fsp3) is 0.462. The van der Waals surface area contributed by atoms with Gasteiger partial charge in [-0.2, -0.15) is 0 Å². The lowest BCUT2D eigenvalue weighted by Crippen LogP contribution is -2.28. The second-order valence-corrected chi connectivity index (χ2v) is 5.31. The van der Waals surface area contributed by atoms with E-state index in [1.54, 1.807) is 0 Å². The molecule has 2 N–H and O–H groups in total. The van der Waals surface area contributed by atoms with Crippen molar-refractivity contribution >= 4 is 34.5 Å². The summed E-state index contributed by atoms with van der Waals surface area (Å²) in [6.45, 7) is 1.37. The number of carbonyl (C=O) groups is 3. The number of nitrogens with one attached hydrogen (secondary N) is 2. The average Bonchev–Trinajstić information content (AvgIpc) is 2.39. The lowest BCUT2D eigenvalue weighted by atomic mass is 9.92. The molecule has 5 nitrogen and oxygen atoms in total. The molecule has 1 atom stereocenters. The van der Waals surface area contributed by atoms with Crippen LogP contribution < -0.4 is 10.6 Å². The molecule has 0 fully saturated rings. The number of aldehydes is 1. The van der Waals surface area contributed by atoms with Gasteiger partial charge in [-0.3, -0.25) is 19.7 Å². The summed E-state index contributed by atoms with van der Waals surface area (Å²) >= 11 is 3.43. The second kappa shape index (κ2) is 8.77. The van der Waals surface area contributed by atoms with Gasteiger partial charge in [-0.05, 0) is 29.4 Å². The van der Waals surface area contributed by atoms with Crippen molar-refractivity contribution in [2.75, 3.05) is 13.1 Å². The first-order chi connectivity index (χ1) is 9.17. The molecule has 1 rings (SSSR count). The molecule has 0 bridgehead atoms.